The first-order valence-electron chi connectivity index (χ1n) is 10.4. The number of anilines is 1. The molecule has 1 aliphatic rings. The monoisotopic (exact) mass is 516 g/mol. The number of rotatable bonds is 8. The standard InChI is InChI=1S/C23H25BrN4O5/c1-15-11-17(8-9-19(15)24)27-21(29)14-33-20-7-3-2-5-16(20)12-26-28-23(31)22(30)25-13-18-6-4-10-32-18/h2-3,5,7-9,11-12,18H,4,6,10,13-14H2,1H3,(H,25,30)(H,27,29)(H,28,31)/b26-12-/t18-/m0/s1. The van der Waals surface area contributed by atoms with Gasteiger partial charge in [-0.15, -0.1) is 0 Å². The van der Waals surface area contributed by atoms with Crippen molar-refractivity contribution in [3.63, 3.8) is 0 Å². The van der Waals surface area contributed by atoms with E-state index < -0.39 is 11.8 Å². The van der Waals surface area contributed by atoms with Gasteiger partial charge in [0.05, 0.1) is 12.3 Å². The van der Waals surface area contributed by atoms with Crippen molar-refractivity contribution in [2.75, 3.05) is 25.1 Å². The van der Waals surface area contributed by atoms with Gasteiger partial charge in [0.1, 0.15) is 5.75 Å². The first-order valence-corrected chi connectivity index (χ1v) is 11.2. The predicted molar refractivity (Wildman–Crippen MR) is 127 cm³/mol. The maximum Gasteiger partial charge on any atom is 0.329 e. The SMILES string of the molecule is Cc1cc(NC(=O)COc2ccccc2/C=N\NC(=O)C(=O)NC[C@@H]2CCCO2)ccc1Br. The molecule has 1 atom stereocenters. The normalized spacial score (nSPS) is 15.3. The zero-order chi connectivity index (χ0) is 23.6. The number of hydrogen-bond acceptors (Lipinski definition) is 6. The van der Waals surface area contributed by atoms with Crippen LogP contribution in [0.3, 0.4) is 0 Å². The summed E-state index contributed by atoms with van der Waals surface area (Å²) in [6, 6.07) is 12.4. The van der Waals surface area contributed by atoms with E-state index in [2.05, 4.69) is 37.1 Å². The number of para-hydroxylation sites is 1. The Morgan fingerprint density at radius 2 is 2.03 bits per heavy atom. The molecule has 1 saturated heterocycles. The molecule has 2 aromatic carbocycles. The van der Waals surface area contributed by atoms with Gasteiger partial charge >= 0.3 is 11.8 Å². The maximum atomic E-state index is 12.2. The van der Waals surface area contributed by atoms with Crippen molar-refractivity contribution in [2.24, 2.45) is 5.10 Å². The Kier molecular flexibility index (Phi) is 8.96. The van der Waals surface area contributed by atoms with Crippen LogP contribution in [0.5, 0.6) is 5.75 Å². The number of amides is 3. The first kappa shape index (κ1) is 24.4. The number of benzene rings is 2. The largest absolute Gasteiger partial charge is 0.483 e. The summed E-state index contributed by atoms with van der Waals surface area (Å²) < 4.78 is 12.0. The molecule has 0 spiro atoms. The lowest BCUT2D eigenvalue weighted by molar-refractivity contribution is -0.139. The van der Waals surface area contributed by atoms with Gasteiger partial charge in [0.25, 0.3) is 5.91 Å². The van der Waals surface area contributed by atoms with Crippen LogP contribution >= 0.6 is 15.9 Å². The first-order chi connectivity index (χ1) is 15.9. The molecule has 9 nitrogen and oxygen atoms in total. The van der Waals surface area contributed by atoms with Crippen molar-refractivity contribution in [3.8, 4) is 5.75 Å². The smallest absolute Gasteiger partial charge is 0.329 e. The number of hydrogen-bond donors (Lipinski definition) is 3. The van der Waals surface area contributed by atoms with Crippen LogP contribution in [0.15, 0.2) is 52.0 Å². The Balaban J connectivity index is 1.48. The van der Waals surface area contributed by atoms with Gasteiger partial charge in [-0.25, -0.2) is 5.43 Å². The number of hydrazone groups is 1. The van der Waals surface area contributed by atoms with Crippen LogP contribution in [0.2, 0.25) is 0 Å². The van der Waals surface area contributed by atoms with Gasteiger partial charge in [0.2, 0.25) is 0 Å². The van der Waals surface area contributed by atoms with E-state index in [-0.39, 0.29) is 25.2 Å². The molecule has 2 aromatic rings. The lowest BCUT2D eigenvalue weighted by Gasteiger charge is -2.10. The molecule has 0 aromatic heterocycles. The molecule has 3 N–H and O–H groups in total. The fraction of sp³-hybridized carbons (Fsp3) is 0.304. The number of aryl methyl sites for hydroxylation is 1. The third-order valence-electron chi connectivity index (χ3n) is 4.81. The third-order valence-corrected chi connectivity index (χ3v) is 5.70. The van der Waals surface area contributed by atoms with Gasteiger partial charge in [-0.1, -0.05) is 28.1 Å². The highest BCUT2D eigenvalue weighted by molar-refractivity contribution is 9.10. The van der Waals surface area contributed by atoms with Crippen LogP contribution in [0.25, 0.3) is 0 Å². The second-order valence-corrected chi connectivity index (χ2v) is 8.24. The van der Waals surface area contributed by atoms with E-state index in [0.717, 1.165) is 22.9 Å². The van der Waals surface area contributed by atoms with E-state index in [4.69, 9.17) is 9.47 Å². The second kappa shape index (κ2) is 12.1. The van der Waals surface area contributed by atoms with E-state index in [1.807, 2.05) is 19.1 Å². The maximum absolute atomic E-state index is 12.2. The highest BCUT2D eigenvalue weighted by Gasteiger charge is 2.19. The zero-order valence-electron chi connectivity index (χ0n) is 18.1. The van der Waals surface area contributed by atoms with Gasteiger partial charge in [0, 0.05) is 28.9 Å². The summed E-state index contributed by atoms with van der Waals surface area (Å²) in [5, 5.41) is 9.11. The number of carbonyl (C=O) groups excluding carboxylic acids is 3. The van der Waals surface area contributed by atoms with Crippen molar-refractivity contribution in [1.82, 2.24) is 10.7 Å². The summed E-state index contributed by atoms with van der Waals surface area (Å²) in [5.41, 5.74) is 4.38. The third kappa shape index (κ3) is 7.69. The van der Waals surface area contributed by atoms with Crippen LogP contribution < -0.4 is 20.8 Å². The second-order valence-electron chi connectivity index (χ2n) is 7.38. The lowest BCUT2D eigenvalue weighted by atomic mass is 10.2. The van der Waals surface area contributed by atoms with E-state index in [0.29, 0.717) is 23.6 Å². The summed E-state index contributed by atoms with van der Waals surface area (Å²) in [6.07, 6.45) is 3.09. The summed E-state index contributed by atoms with van der Waals surface area (Å²) in [6.45, 7) is 2.68. The Morgan fingerprint density at radius 1 is 1.21 bits per heavy atom. The molecule has 0 bridgehead atoms. The Hall–Kier alpha value is -3.24. The topological polar surface area (TPSA) is 118 Å². The molecule has 10 heteroatoms. The van der Waals surface area contributed by atoms with E-state index >= 15 is 0 Å². The molecule has 3 rings (SSSR count). The van der Waals surface area contributed by atoms with Crippen LogP contribution in [-0.4, -0.2) is 49.8 Å². The van der Waals surface area contributed by atoms with Crippen molar-refractivity contribution in [3.05, 3.63) is 58.1 Å². The van der Waals surface area contributed by atoms with Crippen LogP contribution in [0.1, 0.15) is 24.0 Å². The zero-order valence-corrected chi connectivity index (χ0v) is 19.7. The molecule has 0 saturated carbocycles. The number of nitrogens with one attached hydrogen (secondary N) is 3. The summed E-state index contributed by atoms with van der Waals surface area (Å²) in [5.74, 6) is -1.58. The highest BCUT2D eigenvalue weighted by atomic mass is 79.9. The van der Waals surface area contributed by atoms with Crippen molar-refractivity contribution in [2.45, 2.75) is 25.9 Å². The predicted octanol–water partition coefficient (Wildman–Crippen LogP) is 2.52. The molecule has 33 heavy (non-hydrogen) atoms. The molecule has 174 valence electrons. The Bertz CT molecular complexity index is 1040. The van der Waals surface area contributed by atoms with E-state index in [9.17, 15) is 14.4 Å². The average Bonchev–Trinajstić information content (AvgIpc) is 3.33. The van der Waals surface area contributed by atoms with Gasteiger partial charge in [-0.3, -0.25) is 14.4 Å². The molecular formula is C23H25BrN4O5. The minimum absolute atomic E-state index is 0.0562. The molecule has 1 heterocycles. The average molecular weight is 517 g/mol. The molecule has 0 aliphatic carbocycles. The number of ether oxygens (including phenoxy) is 2. The number of nitrogens with zero attached hydrogens (tertiary/aromatic N) is 1. The molecule has 1 fully saturated rings. The lowest BCUT2D eigenvalue weighted by Crippen LogP contribution is -2.41. The van der Waals surface area contributed by atoms with Crippen LogP contribution in [0.4, 0.5) is 5.69 Å². The number of halogens is 1. The minimum atomic E-state index is -0.883. The quantitative estimate of drug-likeness (QED) is 0.283. The summed E-state index contributed by atoms with van der Waals surface area (Å²) in [4.78, 5) is 36.0. The minimum Gasteiger partial charge on any atom is -0.483 e. The fourth-order valence-corrected chi connectivity index (χ4v) is 3.33. The van der Waals surface area contributed by atoms with E-state index in [1.165, 1.54) is 6.21 Å². The van der Waals surface area contributed by atoms with Gasteiger partial charge < -0.3 is 20.1 Å². The van der Waals surface area contributed by atoms with Crippen LogP contribution in [-0.2, 0) is 19.1 Å². The summed E-state index contributed by atoms with van der Waals surface area (Å²) >= 11 is 3.42. The highest BCUT2D eigenvalue weighted by Crippen LogP contribution is 2.20. The van der Waals surface area contributed by atoms with Gasteiger partial charge in [-0.05, 0) is 55.7 Å². The van der Waals surface area contributed by atoms with Gasteiger partial charge in [-0.2, -0.15) is 5.10 Å². The van der Waals surface area contributed by atoms with E-state index in [1.54, 1.807) is 30.3 Å². The van der Waals surface area contributed by atoms with Crippen molar-refractivity contribution >= 4 is 45.6 Å². The van der Waals surface area contributed by atoms with Crippen LogP contribution in [0, 0.1) is 6.92 Å². The molecule has 0 radical (unpaired) electrons. The van der Waals surface area contributed by atoms with Crippen molar-refractivity contribution < 1.29 is 23.9 Å². The molecule has 0 unspecified atom stereocenters. The Labute approximate surface area is 200 Å². The Morgan fingerprint density at radius 3 is 2.79 bits per heavy atom. The number of carbonyl (C=O) groups is 3. The molecular weight excluding hydrogens is 492 g/mol. The summed E-state index contributed by atoms with van der Waals surface area (Å²) in [7, 11) is 0. The molecule has 1 aliphatic heterocycles. The fourth-order valence-electron chi connectivity index (χ4n) is 3.08. The van der Waals surface area contributed by atoms with Gasteiger partial charge in [0.15, 0.2) is 6.61 Å². The molecule has 3 amide bonds. The van der Waals surface area contributed by atoms with Crippen molar-refractivity contribution in [1.29, 1.82) is 0 Å².